The maximum Gasteiger partial charge on any atom is 0.326 e. The monoisotopic (exact) mass is 310 g/mol. The Hall–Kier alpha value is -2.32. The third-order valence-electron chi connectivity index (χ3n) is 3.57. The molecule has 1 aromatic rings. The molecule has 1 aliphatic heterocycles. The van der Waals surface area contributed by atoms with Crippen molar-refractivity contribution in [2.45, 2.75) is 26.3 Å². The molecule has 1 atom stereocenters. The van der Waals surface area contributed by atoms with Crippen molar-refractivity contribution >= 4 is 17.9 Å². The van der Waals surface area contributed by atoms with E-state index in [0.717, 1.165) is 0 Å². The molecule has 9 heteroatoms. The van der Waals surface area contributed by atoms with Crippen molar-refractivity contribution < 1.29 is 14.7 Å². The van der Waals surface area contributed by atoms with E-state index in [4.69, 9.17) is 0 Å². The van der Waals surface area contributed by atoms with Crippen LogP contribution >= 0.6 is 0 Å². The van der Waals surface area contributed by atoms with Crippen molar-refractivity contribution in [3.63, 3.8) is 0 Å². The number of H-pyrrole nitrogens is 1. The molecule has 2 heterocycles. The van der Waals surface area contributed by atoms with Crippen LogP contribution in [-0.2, 0) is 4.79 Å². The summed E-state index contributed by atoms with van der Waals surface area (Å²) in [6.07, 6.45) is 1.86. The maximum atomic E-state index is 12.2. The zero-order valence-electron chi connectivity index (χ0n) is 12.8. The molecule has 9 nitrogen and oxygen atoms in total. The molecule has 1 aliphatic rings. The number of aromatic nitrogens is 3. The molecule has 0 spiro atoms. The smallest absolute Gasteiger partial charge is 0.326 e. The molecule has 2 rings (SSSR count). The number of anilines is 1. The summed E-state index contributed by atoms with van der Waals surface area (Å²) in [5.74, 6) is -0.115. The number of carboxylic acid groups (broad SMARTS) is 1. The third-order valence-corrected chi connectivity index (χ3v) is 3.57. The van der Waals surface area contributed by atoms with Crippen LogP contribution in [0.4, 0.5) is 10.7 Å². The highest BCUT2D eigenvalue weighted by Gasteiger charge is 2.27. The van der Waals surface area contributed by atoms with Crippen LogP contribution in [0, 0.1) is 5.92 Å². The summed E-state index contributed by atoms with van der Waals surface area (Å²) in [5, 5.41) is 18.4. The minimum absolute atomic E-state index is 0.199. The fourth-order valence-electron chi connectivity index (χ4n) is 2.41. The first-order chi connectivity index (χ1) is 10.5. The molecule has 0 saturated carbocycles. The number of aliphatic carboxylic acids is 1. The van der Waals surface area contributed by atoms with Crippen molar-refractivity contribution in [1.29, 1.82) is 0 Å². The van der Waals surface area contributed by atoms with Gasteiger partial charge in [-0.25, -0.2) is 14.7 Å². The Morgan fingerprint density at radius 3 is 2.55 bits per heavy atom. The minimum atomic E-state index is -0.998. The first-order valence-electron chi connectivity index (χ1n) is 7.36. The van der Waals surface area contributed by atoms with Gasteiger partial charge in [-0.1, -0.05) is 13.8 Å². The number of carbonyl (C=O) groups excluding carboxylic acids is 1. The van der Waals surface area contributed by atoms with Gasteiger partial charge in [-0.2, -0.15) is 10.1 Å². The Balaban J connectivity index is 1.85. The van der Waals surface area contributed by atoms with E-state index in [-0.39, 0.29) is 11.9 Å². The van der Waals surface area contributed by atoms with Crippen molar-refractivity contribution in [2.24, 2.45) is 5.92 Å². The van der Waals surface area contributed by atoms with Gasteiger partial charge >= 0.3 is 12.0 Å². The lowest BCUT2D eigenvalue weighted by molar-refractivity contribution is -0.139. The van der Waals surface area contributed by atoms with Crippen LogP contribution in [-0.4, -0.2) is 69.4 Å². The summed E-state index contributed by atoms with van der Waals surface area (Å²) in [5.41, 5.74) is 0. The van der Waals surface area contributed by atoms with Gasteiger partial charge in [0, 0.05) is 26.2 Å². The molecule has 1 fully saturated rings. The average Bonchev–Trinajstić information content (AvgIpc) is 3.00. The molecular formula is C13H22N6O3. The zero-order valence-corrected chi connectivity index (χ0v) is 12.8. The summed E-state index contributed by atoms with van der Waals surface area (Å²) in [7, 11) is 0. The normalized spacial score (nSPS) is 16.7. The molecule has 0 aromatic carbocycles. The Kier molecular flexibility index (Phi) is 5.18. The second-order valence-electron chi connectivity index (χ2n) is 5.75. The Labute approximate surface area is 128 Å². The first kappa shape index (κ1) is 16.1. The second kappa shape index (κ2) is 7.10. The molecular weight excluding hydrogens is 288 g/mol. The van der Waals surface area contributed by atoms with E-state index in [1.807, 2.05) is 18.7 Å². The van der Waals surface area contributed by atoms with E-state index in [1.165, 1.54) is 6.33 Å². The molecule has 1 saturated heterocycles. The number of hydrogen-bond donors (Lipinski definition) is 3. The van der Waals surface area contributed by atoms with Gasteiger partial charge in [-0.05, 0) is 12.3 Å². The van der Waals surface area contributed by atoms with Crippen molar-refractivity contribution in [3.05, 3.63) is 6.33 Å². The summed E-state index contributed by atoms with van der Waals surface area (Å²) in [6.45, 7) is 6.15. The van der Waals surface area contributed by atoms with Gasteiger partial charge < -0.3 is 20.2 Å². The zero-order chi connectivity index (χ0) is 16.1. The topological polar surface area (TPSA) is 114 Å². The number of carboxylic acids is 1. The van der Waals surface area contributed by atoms with Crippen molar-refractivity contribution in [1.82, 2.24) is 25.4 Å². The van der Waals surface area contributed by atoms with Crippen LogP contribution < -0.4 is 10.2 Å². The van der Waals surface area contributed by atoms with Gasteiger partial charge in [0.1, 0.15) is 12.4 Å². The molecule has 122 valence electrons. The van der Waals surface area contributed by atoms with E-state index in [0.29, 0.717) is 38.5 Å². The van der Waals surface area contributed by atoms with E-state index in [1.54, 1.807) is 4.90 Å². The Bertz CT molecular complexity index is 496. The maximum absolute atomic E-state index is 12.2. The van der Waals surface area contributed by atoms with Crippen LogP contribution in [0.15, 0.2) is 6.33 Å². The molecule has 3 N–H and O–H groups in total. The van der Waals surface area contributed by atoms with Crippen molar-refractivity contribution in [3.8, 4) is 0 Å². The summed E-state index contributed by atoms with van der Waals surface area (Å²) in [4.78, 5) is 31.1. The van der Waals surface area contributed by atoms with E-state index < -0.39 is 12.0 Å². The highest BCUT2D eigenvalue weighted by Crippen LogP contribution is 2.10. The number of aromatic amines is 1. The number of carbonyl (C=O) groups is 2. The SMILES string of the molecule is CC(C)C[C@H](NC(=O)N1CCN(c2ncn[nH]2)CC1)C(=O)O. The molecule has 0 unspecified atom stereocenters. The molecule has 22 heavy (non-hydrogen) atoms. The highest BCUT2D eigenvalue weighted by molar-refractivity contribution is 5.82. The lowest BCUT2D eigenvalue weighted by Crippen LogP contribution is -2.55. The fourth-order valence-corrected chi connectivity index (χ4v) is 2.41. The predicted molar refractivity (Wildman–Crippen MR) is 79.6 cm³/mol. The second-order valence-corrected chi connectivity index (χ2v) is 5.75. The van der Waals surface area contributed by atoms with E-state index in [9.17, 15) is 14.7 Å². The lowest BCUT2D eigenvalue weighted by atomic mass is 10.0. The standard InChI is InChI=1S/C13H22N6O3/c1-9(2)7-10(11(20)21)16-13(22)19-5-3-18(4-6-19)12-14-8-15-17-12/h8-10H,3-7H2,1-2H3,(H,16,22)(H,20,21)(H,14,15,17)/t10-/m0/s1. The largest absolute Gasteiger partial charge is 0.480 e. The average molecular weight is 310 g/mol. The van der Waals surface area contributed by atoms with Gasteiger partial charge in [-0.3, -0.25) is 0 Å². The lowest BCUT2D eigenvalue weighted by Gasteiger charge is -2.35. The van der Waals surface area contributed by atoms with Gasteiger partial charge in [0.2, 0.25) is 5.95 Å². The molecule has 0 aliphatic carbocycles. The summed E-state index contributed by atoms with van der Waals surface area (Å²) in [6, 6.07) is -1.18. The van der Waals surface area contributed by atoms with E-state index in [2.05, 4.69) is 20.5 Å². The van der Waals surface area contributed by atoms with Crippen LogP contribution in [0.1, 0.15) is 20.3 Å². The third kappa shape index (κ3) is 4.09. The van der Waals surface area contributed by atoms with Crippen LogP contribution in [0.5, 0.6) is 0 Å². The molecule has 2 amide bonds. The highest BCUT2D eigenvalue weighted by atomic mass is 16.4. The van der Waals surface area contributed by atoms with Gasteiger partial charge in [-0.15, -0.1) is 0 Å². The number of urea groups is 1. The Morgan fingerprint density at radius 1 is 1.36 bits per heavy atom. The fraction of sp³-hybridized carbons (Fsp3) is 0.692. The minimum Gasteiger partial charge on any atom is -0.480 e. The number of rotatable bonds is 5. The summed E-state index contributed by atoms with van der Waals surface area (Å²) >= 11 is 0. The number of piperazine rings is 1. The van der Waals surface area contributed by atoms with Crippen molar-refractivity contribution in [2.75, 3.05) is 31.1 Å². The molecule has 1 aromatic heterocycles. The molecule has 0 radical (unpaired) electrons. The number of nitrogens with zero attached hydrogens (tertiary/aromatic N) is 4. The Morgan fingerprint density at radius 2 is 2.05 bits per heavy atom. The summed E-state index contributed by atoms with van der Waals surface area (Å²) < 4.78 is 0. The van der Waals surface area contributed by atoms with Crippen LogP contribution in [0.2, 0.25) is 0 Å². The van der Waals surface area contributed by atoms with Gasteiger partial charge in [0.15, 0.2) is 0 Å². The van der Waals surface area contributed by atoms with Crippen LogP contribution in [0.3, 0.4) is 0 Å². The first-order valence-corrected chi connectivity index (χ1v) is 7.36. The quantitative estimate of drug-likeness (QED) is 0.712. The van der Waals surface area contributed by atoms with Gasteiger partial charge in [0.05, 0.1) is 0 Å². The number of hydrogen-bond acceptors (Lipinski definition) is 5. The number of nitrogens with one attached hydrogen (secondary N) is 2. The van der Waals surface area contributed by atoms with Crippen LogP contribution in [0.25, 0.3) is 0 Å². The number of amides is 2. The van der Waals surface area contributed by atoms with Gasteiger partial charge in [0.25, 0.3) is 0 Å². The molecule has 0 bridgehead atoms. The van der Waals surface area contributed by atoms with E-state index >= 15 is 0 Å². The predicted octanol–water partition coefficient (Wildman–Crippen LogP) is 0.136.